The zero-order chi connectivity index (χ0) is 30.7. The van der Waals surface area contributed by atoms with E-state index in [2.05, 4.69) is 20.6 Å². The third-order valence-electron chi connectivity index (χ3n) is 5.62. The van der Waals surface area contributed by atoms with Crippen molar-refractivity contribution in [3.05, 3.63) is 74.4 Å². The summed E-state index contributed by atoms with van der Waals surface area (Å²) < 4.78 is 66.9. The summed E-state index contributed by atoms with van der Waals surface area (Å²) in [5.41, 5.74) is 0.563. The number of benzene rings is 1. The van der Waals surface area contributed by atoms with E-state index in [0.717, 1.165) is 17.7 Å². The molecule has 4 rings (SSSR count). The number of rotatable bonds is 7. The van der Waals surface area contributed by atoms with Crippen LogP contribution in [0.4, 0.5) is 22.0 Å². The largest absolute Gasteiger partial charge is 0.490 e. The number of carbonyl (C=O) groups excluding carboxylic acids is 1. The molecule has 220 valence electrons. The van der Waals surface area contributed by atoms with Gasteiger partial charge in [-0.3, -0.25) is 4.79 Å². The lowest BCUT2D eigenvalue weighted by atomic mass is 10.0. The fourth-order valence-electron chi connectivity index (χ4n) is 3.55. The first-order chi connectivity index (χ1) is 19.1. The van der Waals surface area contributed by atoms with Gasteiger partial charge in [-0.2, -0.15) is 22.8 Å². The van der Waals surface area contributed by atoms with Crippen molar-refractivity contribution in [2.75, 3.05) is 6.61 Å². The van der Waals surface area contributed by atoms with E-state index < -0.39 is 35.2 Å². The van der Waals surface area contributed by atoms with Gasteiger partial charge in [0.15, 0.2) is 0 Å². The van der Waals surface area contributed by atoms with Gasteiger partial charge in [0, 0.05) is 6.07 Å². The molecule has 0 spiro atoms. The summed E-state index contributed by atoms with van der Waals surface area (Å²) in [6.07, 6.45) is -5.08. The molecule has 1 atom stereocenters. The highest BCUT2D eigenvalue weighted by atomic mass is 32.1. The summed E-state index contributed by atoms with van der Waals surface area (Å²) in [5, 5.41) is 33.6. The summed E-state index contributed by atoms with van der Waals surface area (Å²) >= 11 is 1.28. The van der Waals surface area contributed by atoms with Gasteiger partial charge in [-0.1, -0.05) is 17.4 Å². The number of alkyl halides is 3. The number of carboxylic acid groups (broad SMARTS) is 1. The van der Waals surface area contributed by atoms with Crippen molar-refractivity contribution in [3.8, 4) is 5.88 Å². The second kappa shape index (κ2) is 12.1. The smallest absolute Gasteiger partial charge is 0.475 e. The zero-order valence-electron chi connectivity index (χ0n) is 22.0. The van der Waals surface area contributed by atoms with Gasteiger partial charge in [0.05, 0.1) is 28.9 Å². The average Bonchev–Trinajstić information content (AvgIpc) is 3.46. The number of nitrogens with one attached hydrogen (secondary N) is 1. The number of hydrogen-bond acceptors (Lipinski definition) is 8. The Bertz CT molecular complexity index is 1570. The molecule has 0 aliphatic heterocycles. The van der Waals surface area contributed by atoms with Crippen molar-refractivity contribution in [2.24, 2.45) is 0 Å². The third-order valence-corrected chi connectivity index (χ3v) is 6.72. The number of carbonyl (C=O) groups is 2. The van der Waals surface area contributed by atoms with E-state index in [1.54, 1.807) is 32.9 Å². The topological polar surface area (TPSA) is 139 Å². The molecule has 0 saturated heterocycles. The van der Waals surface area contributed by atoms with Crippen LogP contribution in [0.15, 0.2) is 30.3 Å². The number of aliphatic hydroxyl groups is 1. The molecule has 0 fully saturated rings. The van der Waals surface area contributed by atoms with Crippen LogP contribution in [-0.4, -0.2) is 54.7 Å². The van der Waals surface area contributed by atoms with Gasteiger partial charge in [-0.25, -0.2) is 13.6 Å². The minimum absolute atomic E-state index is 0.204. The van der Waals surface area contributed by atoms with Crippen LogP contribution < -0.4 is 10.1 Å². The van der Waals surface area contributed by atoms with E-state index in [4.69, 9.17) is 14.6 Å². The van der Waals surface area contributed by atoms with E-state index >= 15 is 0 Å². The van der Waals surface area contributed by atoms with Gasteiger partial charge in [0.25, 0.3) is 5.91 Å². The van der Waals surface area contributed by atoms with E-state index in [1.807, 2.05) is 6.92 Å². The molecule has 0 aliphatic carbocycles. The van der Waals surface area contributed by atoms with Crippen LogP contribution in [0.25, 0.3) is 5.52 Å². The van der Waals surface area contributed by atoms with Crippen LogP contribution in [0, 0.1) is 32.4 Å². The van der Waals surface area contributed by atoms with Crippen LogP contribution >= 0.6 is 11.3 Å². The molecule has 10 nitrogen and oxygen atoms in total. The van der Waals surface area contributed by atoms with Crippen LogP contribution in [0.5, 0.6) is 5.88 Å². The first kappa shape index (κ1) is 31.3. The second-order valence-corrected chi connectivity index (χ2v) is 10.2. The fraction of sp³-hybridized carbons (Fsp3) is 0.320. The number of fused-ring (bicyclic) bond motifs is 1. The van der Waals surface area contributed by atoms with Crippen molar-refractivity contribution < 1.29 is 46.5 Å². The second-order valence-electron chi connectivity index (χ2n) is 8.99. The molecule has 4 aromatic rings. The molecule has 0 saturated carbocycles. The van der Waals surface area contributed by atoms with Gasteiger partial charge in [0.2, 0.25) is 5.88 Å². The molecule has 0 aliphatic rings. The number of aliphatic carboxylic acids is 1. The number of nitrogens with zero attached hydrogens (tertiary/aromatic N) is 4. The number of hydrogen-bond donors (Lipinski definition) is 3. The van der Waals surface area contributed by atoms with Crippen LogP contribution in [0.3, 0.4) is 0 Å². The molecule has 1 amide bonds. The maximum atomic E-state index is 14.0. The van der Waals surface area contributed by atoms with E-state index in [1.165, 1.54) is 21.9 Å². The summed E-state index contributed by atoms with van der Waals surface area (Å²) in [6, 6.07) is 7.03. The number of aromatic nitrogens is 4. The Morgan fingerprint density at radius 2 is 1.71 bits per heavy atom. The Kier molecular flexibility index (Phi) is 9.28. The lowest BCUT2D eigenvalue weighted by Gasteiger charge is -2.25. The lowest BCUT2D eigenvalue weighted by Crippen LogP contribution is -2.46. The number of amides is 1. The minimum Gasteiger partial charge on any atom is -0.475 e. The summed E-state index contributed by atoms with van der Waals surface area (Å²) in [5.74, 6) is -4.42. The number of aryl methyl sites for hydroxylation is 3. The number of pyridine rings is 1. The molecular weight excluding hydrogens is 577 g/mol. The Labute approximate surface area is 233 Å². The van der Waals surface area contributed by atoms with Crippen molar-refractivity contribution in [3.63, 3.8) is 0 Å². The number of aliphatic hydroxyl groups excluding tert-OH is 1. The lowest BCUT2D eigenvalue weighted by molar-refractivity contribution is -0.192. The van der Waals surface area contributed by atoms with Crippen LogP contribution in [0.2, 0.25) is 0 Å². The average molecular weight is 602 g/mol. The summed E-state index contributed by atoms with van der Waals surface area (Å²) in [6.45, 7) is 6.19. The Hall–Kier alpha value is -4.18. The normalized spacial score (nSPS) is 12.8. The predicted octanol–water partition coefficient (Wildman–Crippen LogP) is 4.24. The molecular formula is C25H24F5N5O5S. The Balaban J connectivity index is 0.000000587. The van der Waals surface area contributed by atoms with Gasteiger partial charge in [-0.15, -0.1) is 10.2 Å². The van der Waals surface area contributed by atoms with Crippen LogP contribution in [-0.2, 0) is 16.9 Å². The standard InChI is InChI=1S/C23H23F2N5O3S.C2HF3O2/c1-12-8-18-20(21(32)26-23(4,11-31)22-28-27-14(3)34-22)13(2)29-30(18)19(9-12)33-10-15-16(24)6-5-7-17(15)25;3-2(4,5)1(6)7/h5-9,31H,10-11H2,1-4H3,(H,26,32);(H,6,7)/t23-;/m0./s1. The Morgan fingerprint density at radius 3 is 2.22 bits per heavy atom. The highest BCUT2D eigenvalue weighted by Crippen LogP contribution is 2.28. The van der Waals surface area contributed by atoms with E-state index in [-0.39, 0.29) is 30.2 Å². The fourth-order valence-corrected chi connectivity index (χ4v) is 4.34. The quantitative estimate of drug-likeness (QED) is 0.268. The number of ether oxygens (including phenoxy) is 1. The maximum Gasteiger partial charge on any atom is 0.490 e. The number of halogens is 5. The molecule has 3 heterocycles. The molecule has 41 heavy (non-hydrogen) atoms. The molecule has 0 bridgehead atoms. The van der Waals surface area contributed by atoms with Crippen molar-refractivity contribution in [1.29, 1.82) is 0 Å². The summed E-state index contributed by atoms with van der Waals surface area (Å²) in [4.78, 5) is 22.2. The monoisotopic (exact) mass is 601 g/mol. The molecule has 3 aromatic heterocycles. The van der Waals surface area contributed by atoms with E-state index in [9.17, 15) is 31.9 Å². The number of carboxylic acids is 1. The molecule has 0 radical (unpaired) electrons. The molecule has 3 N–H and O–H groups in total. The van der Waals surface area contributed by atoms with Crippen molar-refractivity contribution >= 4 is 28.7 Å². The van der Waals surface area contributed by atoms with E-state index in [0.29, 0.717) is 21.2 Å². The van der Waals surface area contributed by atoms with Gasteiger partial charge >= 0.3 is 12.1 Å². The molecule has 16 heteroatoms. The predicted molar refractivity (Wildman–Crippen MR) is 136 cm³/mol. The van der Waals surface area contributed by atoms with Crippen molar-refractivity contribution in [2.45, 2.75) is 46.0 Å². The zero-order valence-corrected chi connectivity index (χ0v) is 22.8. The van der Waals surface area contributed by atoms with Crippen molar-refractivity contribution in [1.82, 2.24) is 25.1 Å². The summed E-state index contributed by atoms with van der Waals surface area (Å²) in [7, 11) is 0. The first-order valence-electron chi connectivity index (χ1n) is 11.7. The maximum absolute atomic E-state index is 14.0. The highest BCUT2D eigenvalue weighted by molar-refractivity contribution is 7.11. The minimum atomic E-state index is -5.08. The first-order valence-corrected chi connectivity index (χ1v) is 12.5. The third kappa shape index (κ3) is 7.13. The van der Waals surface area contributed by atoms with Gasteiger partial charge in [-0.05, 0) is 51.5 Å². The Morgan fingerprint density at radius 1 is 1.10 bits per heavy atom. The van der Waals surface area contributed by atoms with Gasteiger partial charge < -0.3 is 20.3 Å². The SMILES string of the molecule is Cc1cc(OCc2c(F)cccc2F)n2nc(C)c(C(=O)N[C@@](C)(CO)c3nnc(C)s3)c2c1.O=C(O)C(F)(F)F. The van der Waals surface area contributed by atoms with Crippen LogP contribution in [0.1, 0.15) is 44.1 Å². The highest BCUT2D eigenvalue weighted by Gasteiger charge is 2.38. The molecule has 0 unspecified atom stereocenters. The van der Waals surface area contributed by atoms with Gasteiger partial charge in [0.1, 0.15) is 33.8 Å². The molecule has 1 aromatic carbocycles.